The van der Waals surface area contributed by atoms with Crippen LogP contribution in [-0.2, 0) is 0 Å². The number of nitrogens with zero attached hydrogens (tertiary/aromatic N) is 2. The molecule has 1 aromatic carbocycles. The van der Waals surface area contributed by atoms with Gasteiger partial charge >= 0.3 is 0 Å². The predicted molar refractivity (Wildman–Crippen MR) is 62.9 cm³/mol. The standard InChI is InChI=1S/C13H12N2O2/c14-7-6-11(16)13(17)10-5-1-3-9-4-2-8-15-12(9)10/h1-5,8,11,13,16-17H,6H2. The summed E-state index contributed by atoms with van der Waals surface area (Å²) in [4.78, 5) is 4.19. The number of aromatic nitrogens is 1. The second-order valence-electron chi connectivity index (χ2n) is 3.80. The quantitative estimate of drug-likeness (QED) is 0.835. The van der Waals surface area contributed by atoms with Crippen LogP contribution in [-0.4, -0.2) is 21.3 Å². The van der Waals surface area contributed by atoms with E-state index in [0.29, 0.717) is 11.1 Å². The van der Waals surface area contributed by atoms with Gasteiger partial charge in [0.15, 0.2) is 0 Å². The Balaban J connectivity index is 2.45. The molecule has 2 N–H and O–H groups in total. The van der Waals surface area contributed by atoms with Crippen molar-refractivity contribution in [2.24, 2.45) is 0 Å². The first-order chi connectivity index (χ1) is 8.24. The number of aliphatic hydroxyl groups excluding tert-OH is 2. The number of hydrogen-bond acceptors (Lipinski definition) is 4. The number of aliphatic hydroxyl groups is 2. The fourth-order valence-electron chi connectivity index (χ4n) is 1.78. The Labute approximate surface area is 98.8 Å². The first-order valence-corrected chi connectivity index (χ1v) is 5.30. The SMILES string of the molecule is N#CCC(O)C(O)c1cccc2cccnc12. The van der Waals surface area contributed by atoms with Crippen molar-refractivity contribution >= 4 is 10.9 Å². The van der Waals surface area contributed by atoms with Crippen molar-refractivity contribution in [2.75, 3.05) is 0 Å². The predicted octanol–water partition coefficient (Wildman–Crippen LogP) is 1.54. The lowest BCUT2D eigenvalue weighted by molar-refractivity contribution is 0.0224. The Morgan fingerprint density at radius 2 is 2.00 bits per heavy atom. The molecule has 1 aromatic heterocycles. The maximum absolute atomic E-state index is 9.98. The molecule has 0 spiro atoms. The molecule has 0 amide bonds. The van der Waals surface area contributed by atoms with Gasteiger partial charge in [-0.25, -0.2) is 0 Å². The van der Waals surface area contributed by atoms with Crippen LogP contribution in [0.5, 0.6) is 0 Å². The van der Waals surface area contributed by atoms with Crippen LogP contribution in [0, 0.1) is 11.3 Å². The topological polar surface area (TPSA) is 77.1 Å². The van der Waals surface area contributed by atoms with Crippen LogP contribution >= 0.6 is 0 Å². The van der Waals surface area contributed by atoms with Gasteiger partial charge in [0, 0.05) is 17.1 Å². The van der Waals surface area contributed by atoms with Crippen LogP contribution in [0.1, 0.15) is 18.1 Å². The molecule has 0 radical (unpaired) electrons. The van der Waals surface area contributed by atoms with Crippen molar-refractivity contribution in [1.82, 2.24) is 4.98 Å². The van der Waals surface area contributed by atoms with Gasteiger partial charge in [-0.05, 0) is 6.07 Å². The fraction of sp³-hybridized carbons (Fsp3) is 0.231. The summed E-state index contributed by atoms with van der Waals surface area (Å²) in [6.07, 6.45) is -0.652. The van der Waals surface area contributed by atoms with Crippen molar-refractivity contribution in [3.8, 4) is 6.07 Å². The normalized spacial score (nSPS) is 14.2. The number of nitriles is 1. The van der Waals surface area contributed by atoms with E-state index in [1.807, 2.05) is 24.3 Å². The molecule has 0 aliphatic rings. The molecule has 2 atom stereocenters. The van der Waals surface area contributed by atoms with Crippen LogP contribution in [0.25, 0.3) is 10.9 Å². The van der Waals surface area contributed by atoms with Gasteiger partial charge in [0.2, 0.25) is 0 Å². The lowest BCUT2D eigenvalue weighted by atomic mass is 9.99. The molecule has 4 heteroatoms. The molecule has 2 aromatic rings. The minimum atomic E-state index is -1.09. The van der Waals surface area contributed by atoms with Crippen LogP contribution in [0.3, 0.4) is 0 Å². The van der Waals surface area contributed by atoms with E-state index in [1.165, 1.54) is 0 Å². The lowest BCUT2D eigenvalue weighted by Crippen LogP contribution is -2.17. The van der Waals surface area contributed by atoms with E-state index < -0.39 is 12.2 Å². The highest BCUT2D eigenvalue weighted by Gasteiger charge is 2.20. The highest BCUT2D eigenvalue weighted by atomic mass is 16.3. The van der Waals surface area contributed by atoms with Gasteiger partial charge in [0.25, 0.3) is 0 Å². The maximum Gasteiger partial charge on any atom is 0.108 e. The third-order valence-corrected chi connectivity index (χ3v) is 2.65. The summed E-state index contributed by atoms with van der Waals surface area (Å²) in [5.74, 6) is 0. The van der Waals surface area contributed by atoms with Crippen molar-refractivity contribution in [3.05, 3.63) is 42.1 Å². The van der Waals surface area contributed by atoms with Gasteiger partial charge in [0.05, 0.1) is 24.1 Å². The van der Waals surface area contributed by atoms with E-state index in [2.05, 4.69) is 4.98 Å². The summed E-state index contributed by atoms with van der Waals surface area (Å²) < 4.78 is 0. The molecule has 4 nitrogen and oxygen atoms in total. The number of benzene rings is 1. The second-order valence-corrected chi connectivity index (χ2v) is 3.80. The van der Waals surface area contributed by atoms with E-state index in [1.54, 1.807) is 18.3 Å². The molecular formula is C13H12N2O2. The molecule has 0 saturated carbocycles. The molecular weight excluding hydrogens is 216 g/mol. The third-order valence-electron chi connectivity index (χ3n) is 2.65. The Hall–Kier alpha value is -1.96. The minimum absolute atomic E-state index is 0.107. The number of hydrogen-bond donors (Lipinski definition) is 2. The van der Waals surface area contributed by atoms with Crippen LogP contribution in [0.15, 0.2) is 36.5 Å². The molecule has 0 aliphatic heterocycles. The molecule has 0 aliphatic carbocycles. The van der Waals surface area contributed by atoms with E-state index in [4.69, 9.17) is 5.26 Å². The van der Waals surface area contributed by atoms with Crippen LogP contribution in [0.4, 0.5) is 0 Å². The molecule has 0 saturated heterocycles. The fourth-order valence-corrected chi connectivity index (χ4v) is 1.78. The zero-order valence-electron chi connectivity index (χ0n) is 9.11. The van der Waals surface area contributed by atoms with Crippen molar-refractivity contribution in [2.45, 2.75) is 18.6 Å². The Bertz CT molecular complexity index is 557. The van der Waals surface area contributed by atoms with E-state index in [-0.39, 0.29) is 6.42 Å². The molecule has 0 bridgehead atoms. The van der Waals surface area contributed by atoms with E-state index in [0.717, 1.165) is 5.39 Å². The Morgan fingerprint density at radius 1 is 1.24 bits per heavy atom. The smallest absolute Gasteiger partial charge is 0.108 e. The Morgan fingerprint density at radius 3 is 2.76 bits per heavy atom. The van der Waals surface area contributed by atoms with Gasteiger partial charge in [-0.15, -0.1) is 0 Å². The average Bonchev–Trinajstić information content (AvgIpc) is 2.37. The van der Waals surface area contributed by atoms with Crippen molar-refractivity contribution in [3.63, 3.8) is 0 Å². The summed E-state index contributed by atoms with van der Waals surface area (Å²) in [5, 5.41) is 29.0. The van der Waals surface area contributed by atoms with Crippen LogP contribution in [0.2, 0.25) is 0 Å². The van der Waals surface area contributed by atoms with E-state index >= 15 is 0 Å². The Kier molecular flexibility index (Phi) is 3.33. The summed E-state index contributed by atoms with van der Waals surface area (Å²) in [6.45, 7) is 0. The summed E-state index contributed by atoms with van der Waals surface area (Å²) >= 11 is 0. The number of para-hydroxylation sites is 1. The van der Waals surface area contributed by atoms with Gasteiger partial charge in [-0.3, -0.25) is 4.98 Å². The largest absolute Gasteiger partial charge is 0.389 e. The highest BCUT2D eigenvalue weighted by Crippen LogP contribution is 2.25. The number of fused-ring (bicyclic) bond motifs is 1. The minimum Gasteiger partial charge on any atom is -0.389 e. The first-order valence-electron chi connectivity index (χ1n) is 5.30. The second kappa shape index (κ2) is 4.91. The monoisotopic (exact) mass is 228 g/mol. The van der Waals surface area contributed by atoms with Gasteiger partial charge in [0.1, 0.15) is 6.10 Å². The molecule has 2 rings (SSSR count). The van der Waals surface area contributed by atoms with Gasteiger partial charge in [-0.1, -0.05) is 24.3 Å². The highest BCUT2D eigenvalue weighted by molar-refractivity contribution is 5.81. The molecule has 17 heavy (non-hydrogen) atoms. The summed E-state index contributed by atoms with van der Waals surface area (Å²) in [7, 11) is 0. The van der Waals surface area contributed by atoms with Crippen LogP contribution < -0.4 is 0 Å². The first kappa shape index (κ1) is 11.5. The number of pyridine rings is 1. The zero-order valence-corrected chi connectivity index (χ0v) is 9.11. The molecule has 1 heterocycles. The van der Waals surface area contributed by atoms with Gasteiger partial charge < -0.3 is 10.2 Å². The molecule has 0 fully saturated rings. The maximum atomic E-state index is 9.98. The summed E-state index contributed by atoms with van der Waals surface area (Å²) in [6, 6.07) is 10.9. The van der Waals surface area contributed by atoms with E-state index in [9.17, 15) is 10.2 Å². The zero-order chi connectivity index (χ0) is 12.3. The average molecular weight is 228 g/mol. The molecule has 2 unspecified atom stereocenters. The molecule has 86 valence electrons. The van der Waals surface area contributed by atoms with Crippen molar-refractivity contribution in [1.29, 1.82) is 5.26 Å². The third kappa shape index (κ3) is 2.26. The van der Waals surface area contributed by atoms with Gasteiger partial charge in [-0.2, -0.15) is 5.26 Å². The van der Waals surface area contributed by atoms with Crippen molar-refractivity contribution < 1.29 is 10.2 Å². The lowest BCUT2D eigenvalue weighted by Gasteiger charge is -2.16. The summed E-state index contributed by atoms with van der Waals surface area (Å²) in [5.41, 5.74) is 1.20. The number of rotatable bonds is 3.